The fraction of sp³-hybridized carbons (Fsp3) is 0.800. The second-order valence-electron chi connectivity index (χ2n) is 4.32. The van der Waals surface area contributed by atoms with E-state index in [0.29, 0.717) is 6.04 Å². The summed E-state index contributed by atoms with van der Waals surface area (Å²) < 4.78 is 2.84. The predicted molar refractivity (Wildman–Crippen MR) is 62.4 cm³/mol. The number of likely N-dealkylation sites (tertiary alicyclic amines) is 1. The van der Waals surface area contributed by atoms with E-state index in [-0.39, 0.29) is 0 Å². The predicted octanol–water partition coefficient (Wildman–Crippen LogP) is 1.73. The summed E-state index contributed by atoms with van der Waals surface area (Å²) in [7, 11) is 2.20. The van der Waals surface area contributed by atoms with Gasteiger partial charge in [0.15, 0.2) is 4.77 Å². The maximum absolute atomic E-state index is 5.21. The fourth-order valence-electron chi connectivity index (χ4n) is 2.20. The highest BCUT2D eigenvalue weighted by Crippen LogP contribution is 2.17. The van der Waals surface area contributed by atoms with Gasteiger partial charge in [-0.1, -0.05) is 6.42 Å². The topological polar surface area (TPSA) is 36.9 Å². The van der Waals surface area contributed by atoms with Crippen LogP contribution in [0.25, 0.3) is 0 Å². The van der Waals surface area contributed by atoms with Crippen molar-refractivity contribution in [3.8, 4) is 0 Å². The van der Waals surface area contributed by atoms with Crippen LogP contribution in [0.15, 0.2) is 0 Å². The molecule has 1 N–H and O–H groups in total. The van der Waals surface area contributed by atoms with Gasteiger partial charge in [0.05, 0.1) is 0 Å². The zero-order chi connectivity index (χ0) is 10.8. The zero-order valence-electron chi connectivity index (χ0n) is 9.36. The van der Waals surface area contributed by atoms with Crippen LogP contribution in [0.4, 0.5) is 0 Å². The van der Waals surface area contributed by atoms with Gasteiger partial charge in [-0.2, -0.15) is 5.10 Å². The lowest BCUT2D eigenvalue weighted by atomic mass is 10.0. The molecule has 1 aliphatic rings. The van der Waals surface area contributed by atoms with Crippen LogP contribution in [0.5, 0.6) is 0 Å². The van der Waals surface area contributed by atoms with Gasteiger partial charge in [-0.25, -0.2) is 0 Å². The van der Waals surface area contributed by atoms with E-state index in [1.165, 1.54) is 25.8 Å². The maximum atomic E-state index is 5.21. The minimum absolute atomic E-state index is 0.613. The lowest BCUT2D eigenvalue weighted by molar-refractivity contribution is 0.166. The molecular weight excluding hydrogens is 208 g/mol. The summed E-state index contributed by atoms with van der Waals surface area (Å²) in [5, 5.41) is 6.97. The normalized spacial score (nSPS) is 23.2. The molecule has 0 radical (unpaired) electrons. The molecule has 0 bridgehead atoms. The van der Waals surface area contributed by atoms with E-state index < -0.39 is 0 Å². The van der Waals surface area contributed by atoms with Crippen LogP contribution >= 0.6 is 12.2 Å². The second-order valence-corrected chi connectivity index (χ2v) is 4.70. The Labute approximate surface area is 95.3 Å². The Hall–Kier alpha value is -0.680. The van der Waals surface area contributed by atoms with E-state index in [0.717, 1.165) is 17.1 Å². The molecule has 15 heavy (non-hydrogen) atoms. The summed E-state index contributed by atoms with van der Waals surface area (Å²) in [5.74, 6) is 0.985. The highest BCUT2D eigenvalue weighted by atomic mass is 32.1. The third kappa shape index (κ3) is 2.29. The molecule has 0 aromatic carbocycles. The van der Waals surface area contributed by atoms with Crippen LogP contribution in [0.1, 0.15) is 25.1 Å². The smallest absolute Gasteiger partial charge is 0.195 e. The molecule has 0 saturated carbocycles. The van der Waals surface area contributed by atoms with Crippen molar-refractivity contribution in [1.29, 1.82) is 0 Å². The summed E-state index contributed by atoms with van der Waals surface area (Å²) in [5.41, 5.74) is 0. The van der Waals surface area contributed by atoms with Crippen LogP contribution in [-0.4, -0.2) is 39.3 Å². The van der Waals surface area contributed by atoms with Gasteiger partial charge in [0.2, 0.25) is 0 Å². The lowest BCUT2D eigenvalue weighted by Gasteiger charge is -2.32. The van der Waals surface area contributed by atoms with Crippen molar-refractivity contribution in [2.75, 3.05) is 13.6 Å². The summed E-state index contributed by atoms with van der Waals surface area (Å²) in [4.78, 5) is 2.43. The van der Waals surface area contributed by atoms with Crippen molar-refractivity contribution in [1.82, 2.24) is 19.7 Å². The quantitative estimate of drug-likeness (QED) is 0.780. The highest BCUT2D eigenvalue weighted by Gasteiger charge is 2.20. The average Bonchev–Trinajstić information content (AvgIpc) is 2.53. The minimum Gasteiger partial charge on any atom is -0.303 e. The number of nitrogens with zero attached hydrogens (tertiary/aromatic N) is 3. The molecule has 1 aromatic rings. The van der Waals surface area contributed by atoms with Gasteiger partial charge in [0.25, 0.3) is 0 Å². The molecule has 1 saturated heterocycles. The Bertz CT molecular complexity index is 381. The van der Waals surface area contributed by atoms with E-state index in [9.17, 15) is 0 Å². The molecule has 84 valence electrons. The molecule has 2 rings (SSSR count). The number of aryl methyl sites for hydroxylation is 1. The largest absolute Gasteiger partial charge is 0.303 e. The summed E-state index contributed by atoms with van der Waals surface area (Å²) in [6.45, 7) is 4.17. The number of hydrogen-bond acceptors (Lipinski definition) is 3. The molecule has 0 spiro atoms. The Kier molecular flexibility index (Phi) is 3.21. The Morgan fingerprint density at radius 3 is 2.93 bits per heavy atom. The van der Waals surface area contributed by atoms with E-state index in [1.807, 2.05) is 6.92 Å². The Balaban J connectivity index is 2.10. The molecule has 1 aliphatic heterocycles. The molecule has 0 aliphatic carbocycles. The van der Waals surface area contributed by atoms with Crippen LogP contribution < -0.4 is 0 Å². The van der Waals surface area contributed by atoms with E-state index in [4.69, 9.17) is 12.2 Å². The lowest BCUT2D eigenvalue weighted by Crippen LogP contribution is -2.39. The number of nitrogens with one attached hydrogen (secondary N) is 1. The summed E-state index contributed by atoms with van der Waals surface area (Å²) in [6, 6.07) is 0.613. The molecule has 5 heteroatoms. The highest BCUT2D eigenvalue weighted by molar-refractivity contribution is 7.71. The van der Waals surface area contributed by atoms with Gasteiger partial charge < -0.3 is 9.47 Å². The maximum Gasteiger partial charge on any atom is 0.195 e. The minimum atomic E-state index is 0.613. The van der Waals surface area contributed by atoms with Gasteiger partial charge in [-0.05, 0) is 45.6 Å². The molecule has 1 unspecified atom stereocenters. The van der Waals surface area contributed by atoms with E-state index in [1.54, 1.807) is 0 Å². The first-order chi connectivity index (χ1) is 7.18. The number of piperidine rings is 1. The fourth-order valence-corrected chi connectivity index (χ4v) is 2.45. The summed E-state index contributed by atoms with van der Waals surface area (Å²) >= 11 is 5.21. The van der Waals surface area contributed by atoms with Gasteiger partial charge in [0, 0.05) is 12.6 Å². The first-order valence-electron chi connectivity index (χ1n) is 5.50. The third-order valence-corrected chi connectivity index (χ3v) is 3.58. The first-order valence-corrected chi connectivity index (χ1v) is 5.91. The van der Waals surface area contributed by atoms with Gasteiger partial charge in [0.1, 0.15) is 5.82 Å². The standard InChI is InChI=1S/C10H18N4S/c1-8-11-12-10(15)14(8)7-9-5-3-4-6-13(9)2/h9H,3-7H2,1-2H3,(H,12,15). The van der Waals surface area contributed by atoms with Crippen LogP contribution in [-0.2, 0) is 6.54 Å². The Morgan fingerprint density at radius 1 is 1.53 bits per heavy atom. The van der Waals surface area contributed by atoms with Crippen LogP contribution in [0.2, 0.25) is 0 Å². The second kappa shape index (κ2) is 4.45. The van der Waals surface area contributed by atoms with Crippen molar-refractivity contribution in [3.05, 3.63) is 10.6 Å². The number of rotatable bonds is 2. The average molecular weight is 226 g/mol. The monoisotopic (exact) mass is 226 g/mol. The molecule has 2 heterocycles. The van der Waals surface area contributed by atoms with Crippen molar-refractivity contribution in [2.24, 2.45) is 0 Å². The van der Waals surface area contributed by atoms with Crippen molar-refractivity contribution >= 4 is 12.2 Å². The van der Waals surface area contributed by atoms with E-state index in [2.05, 4.69) is 26.7 Å². The molecule has 0 amide bonds. The van der Waals surface area contributed by atoms with Crippen molar-refractivity contribution in [3.63, 3.8) is 0 Å². The molecule has 1 aromatic heterocycles. The van der Waals surface area contributed by atoms with Crippen LogP contribution in [0.3, 0.4) is 0 Å². The first kappa shape index (κ1) is 10.8. The van der Waals surface area contributed by atoms with Gasteiger partial charge in [-0.3, -0.25) is 5.10 Å². The zero-order valence-corrected chi connectivity index (χ0v) is 10.2. The molecule has 1 atom stereocenters. The number of aromatic nitrogens is 3. The number of H-pyrrole nitrogens is 1. The Morgan fingerprint density at radius 2 is 2.33 bits per heavy atom. The number of aromatic amines is 1. The molecular formula is C10H18N4S. The van der Waals surface area contributed by atoms with Crippen LogP contribution in [0, 0.1) is 11.7 Å². The van der Waals surface area contributed by atoms with E-state index >= 15 is 0 Å². The number of hydrogen-bond donors (Lipinski definition) is 1. The van der Waals surface area contributed by atoms with Crippen molar-refractivity contribution in [2.45, 2.75) is 38.8 Å². The third-order valence-electron chi connectivity index (χ3n) is 3.26. The van der Waals surface area contributed by atoms with Gasteiger partial charge in [-0.15, -0.1) is 0 Å². The number of likely N-dealkylation sites (N-methyl/N-ethyl adjacent to an activating group) is 1. The molecule has 1 fully saturated rings. The molecule has 4 nitrogen and oxygen atoms in total. The SMILES string of the molecule is Cc1n[nH]c(=S)n1CC1CCCCN1C. The van der Waals surface area contributed by atoms with Gasteiger partial charge >= 0.3 is 0 Å². The summed E-state index contributed by atoms with van der Waals surface area (Å²) in [6.07, 6.45) is 3.92. The van der Waals surface area contributed by atoms with Crippen molar-refractivity contribution < 1.29 is 0 Å².